The molecule has 1 aliphatic rings. The van der Waals surface area contributed by atoms with Gasteiger partial charge in [0, 0.05) is 0 Å². The van der Waals surface area contributed by atoms with Gasteiger partial charge in [0.05, 0.1) is 18.6 Å². The second kappa shape index (κ2) is 6.24. The van der Waals surface area contributed by atoms with Crippen LogP contribution >= 0.6 is 0 Å². The van der Waals surface area contributed by atoms with Crippen LogP contribution in [0.2, 0.25) is 0 Å². The molecule has 0 saturated heterocycles. The zero-order valence-electron chi connectivity index (χ0n) is 10.5. The Morgan fingerprint density at radius 1 is 1.44 bits per heavy atom. The fourth-order valence-corrected chi connectivity index (χ4v) is 2.72. The van der Waals surface area contributed by atoms with Crippen LogP contribution in [0.3, 0.4) is 0 Å². The van der Waals surface area contributed by atoms with Gasteiger partial charge in [-0.2, -0.15) is 0 Å². The van der Waals surface area contributed by atoms with Gasteiger partial charge < -0.3 is 9.84 Å². The van der Waals surface area contributed by atoms with Crippen molar-refractivity contribution in [1.82, 2.24) is 0 Å². The summed E-state index contributed by atoms with van der Waals surface area (Å²) >= 11 is 0. The summed E-state index contributed by atoms with van der Waals surface area (Å²) < 4.78 is 4.89. The molecule has 0 aromatic heterocycles. The van der Waals surface area contributed by atoms with Gasteiger partial charge in [-0.1, -0.05) is 32.6 Å². The highest BCUT2D eigenvalue weighted by Gasteiger charge is 2.45. The van der Waals surface area contributed by atoms with Crippen LogP contribution in [-0.4, -0.2) is 24.3 Å². The average molecular weight is 228 g/mol. The van der Waals surface area contributed by atoms with Crippen LogP contribution in [0, 0.1) is 5.41 Å². The average Bonchev–Trinajstić information content (AvgIpc) is 2.67. The molecule has 1 fully saturated rings. The Bertz CT molecular complexity index is 227. The summed E-state index contributed by atoms with van der Waals surface area (Å²) in [5, 5.41) is 9.60. The molecule has 1 N–H and O–H groups in total. The normalized spacial score (nSPS) is 29.3. The van der Waals surface area contributed by atoms with E-state index in [0.29, 0.717) is 6.42 Å². The largest absolute Gasteiger partial charge is 0.469 e. The van der Waals surface area contributed by atoms with Gasteiger partial charge in [0.15, 0.2) is 0 Å². The van der Waals surface area contributed by atoms with Gasteiger partial charge in [-0.3, -0.25) is 4.79 Å². The number of methoxy groups -OCH3 is 1. The summed E-state index contributed by atoms with van der Waals surface area (Å²) in [6, 6.07) is 0. The Balaban J connectivity index is 2.48. The van der Waals surface area contributed by atoms with Crippen LogP contribution in [0.5, 0.6) is 0 Å². The highest BCUT2D eigenvalue weighted by atomic mass is 16.5. The lowest BCUT2D eigenvalue weighted by Gasteiger charge is -2.25. The number of aliphatic hydroxyl groups is 1. The highest BCUT2D eigenvalue weighted by Crippen LogP contribution is 2.43. The van der Waals surface area contributed by atoms with Crippen LogP contribution in [0.1, 0.15) is 58.3 Å². The van der Waals surface area contributed by atoms with E-state index in [1.807, 2.05) is 0 Å². The number of hydrogen-bond acceptors (Lipinski definition) is 3. The van der Waals surface area contributed by atoms with E-state index in [9.17, 15) is 9.90 Å². The number of rotatable bonds is 6. The number of carbonyl (C=O) groups excluding carboxylic acids is 1. The maximum Gasteiger partial charge on any atom is 0.311 e. The lowest BCUT2D eigenvalue weighted by molar-refractivity contribution is -0.153. The van der Waals surface area contributed by atoms with E-state index in [4.69, 9.17) is 4.74 Å². The molecule has 2 unspecified atom stereocenters. The molecule has 1 saturated carbocycles. The third-order valence-corrected chi connectivity index (χ3v) is 3.71. The van der Waals surface area contributed by atoms with Crippen LogP contribution in [0.25, 0.3) is 0 Å². The van der Waals surface area contributed by atoms with Crippen LogP contribution in [-0.2, 0) is 9.53 Å². The molecular weight excluding hydrogens is 204 g/mol. The summed E-state index contributed by atoms with van der Waals surface area (Å²) in [7, 11) is 1.45. The van der Waals surface area contributed by atoms with E-state index < -0.39 is 0 Å². The quantitative estimate of drug-likeness (QED) is 0.561. The molecule has 94 valence electrons. The third-order valence-electron chi connectivity index (χ3n) is 3.71. The monoisotopic (exact) mass is 228 g/mol. The van der Waals surface area contributed by atoms with Gasteiger partial charge in [-0.05, 0) is 25.7 Å². The van der Waals surface area contributed by atoms with Crippen LogP contribution in [0.15, 0.2) is 0 Å². The standard InChI is InChI=1S/C13H24O3/c1-3-4-5-6-8-13(12(15)16-2)9-7-11(14)10-13/h11,14H,3-10H2,1-2H3. The van der Waals surface area contributed by atoms with Gasteiger partial charge in [0.2, 0.25) is 0 Å². The minimum absolute atomic E-state index is 0.124. The lowest BCUT2D eigenvalue weighted by atomic mass is 9.81. The molecule has 0 spiro atoms. The summed E-state index contributed by atoms with van der Waals surface area (Å²) in [5.41, 5.74) is -0.387. The first kappa shape index (κ1) is 13.5. The number of hydrogen-bond donors (Lipinski definition) is 1. The molecule has 16 heavy (non-hydrogen) atoms. The first-order chi connectivity index (χ1) is 7.64. The molecule has 0 heterocycles. The predicted octanol–water partition coefficient (Wildman–Crippen LogP) is 2.66. The van der Waals surface area contributed by atoms with Crippen molar-refractivity contribution in [2.75, 3.05) is 7.11 Å². The minimum Gasteiger partial charge on any atom is -0.469 e. The summed E-state index contributed by atoms with van der Waals surface area (Å²) in [5.74, 6) is -0.124. The van der Waals surface area contributed by atoms with Crippen molar-refractivity contribution in [3.8, 4) is 0 Å². The number of unbranched alkanes of at least 4 members (excludes halogenated alkanes) is 3. The molecule has 3 nitrogen and oxygen atoms in total. The van der Waals surface area contributed by atoms with Crippen molar-refractivity contribution in [2.24, 2.45) is 5.41 Å². The van der Waals surface area contributed by atoms with Crippen molar-refractivity contribution in [2.45, 2.75) is 64.4 Å². The van der Waals surface area contributed by atoms with E-state index in [1.165, 1.54) is 26.4 Å². The molecule has 0 amide bonds. The van der Waals surface area contributed by atoms with Gasteiger partial charge >= 0.3 is 5.97 Å². The Hall–Kier alpha value is -0.570. The maximum atomic E-state index is 11.8. The molecule has 3 heteroatoms. The summed E-state index contributed by atoms with van der Waals surface area (Å²) in [6.45, 7) is 2.18. The van der Waals surface area contributed by atoms with Crippen molar-refractivity contribution in [1.29, 1.82) is 0 Å². The Kier molecular flexibility index (Phi) is 5.26. The summed E-state index contributed by atoms with van der Waals surface area (Å²) in [4.78, 5) is 11.8. The number of esters is 1. The van der Waals surface area contributed by atoms with Gasteiger partial charge in [0.1, 0.15) is 0 Å². The molecule has 0 aliphatic heterocycles. The fourth-order valence-electron chi connectivity index (χ4n) is 2.72. The smallest absolute Gasteiger partial charge is 0.311 e. The van der Waals surface area contributed by atoms with Crippen molar-refractivity contribution < 1.29 is 14.6 Å². The van der Waals surface area contributed by atoms with E-state index in [-0.39, 0.29) is 17.5 Å². The van der Waals surface area contributed by atoms with Crippen molar-refractivity contribution in [3.63, 3.8) is 0 Å². The molecule has 0 bridgehead atoms. The van der Waals surface area contributed by atoms with Gasteiger partial charge in [-0.15, -0.1) is 0 Å². The highest BCUT2D eigenvalue weighted by molar-refractivity contribution is 5.77. The minimum atomic E-state index is -0.387. The Labute approximate surface area is 98.2 Å². The summed E-state index contributed by atoms with van der Waals surface area (Å²) in [6.07, 6.45) is 7.33. The van der Waals surface area contributed by atoms with E-state index >= 15 is 0 Å². The zero-order chi connectivity index (χ0) is 12.0. The number of aliphatic hydroxyl groups excluding tert-OH is 1. The van der Waals surface area contributed by atoms with Crippen LogP contribution in [0.4, 0.5) is 0 Å². The molecule has 2 atom stereocenters. The van der Waals surface area contributed by atoms with Crippen molar-refractivity contribution in [3.05, 3.63) is 0 Å². The molecule has 0 radical (unpaired) electrons. The van der Waals surface area contributed by atoms with Crippen molar-refractivity contribution >= 4 is 5.97 Å². The fraction of sp³-hybridized carbons (Fsp3) is 0.923. The zero-order valence-corrected chi connectivity index (χ0v) is 10.5. The second-order valence-corrected chi connectivity index (χ2v) is 4.98. The first-order valence-corrected chi connectivity index (χ1v) is 6.41. The maximum absolute atomic E-state index is 11.8. The lowest BCUT2D eigenvalue weighted by Crippen LogP contribution is -2.30. The number of ether oxygens (including phenoxy) is 1. The SMILES string of the molecule is CCCCCCC1(C(=O)OC)CCC(O)C1. The van der Waals surface area contributed by atoms with Gasteiger partial charge in [0.25, 0.3) is 0 Å². The second-order valence-electron chi connectivity index (χ2n) is 4.98. The van der Waals surface area contributed by atoms with E-state index in [2.05, 4.69) is 6.92 Å². The first-order valence-electron chi connectivity index (χ1n) is 6.41. The number of carbonyl (C=O) groups is 1. The molecule has 0 aromatic rings. The van der Waals surface area contributed by atoms with Crippen LogP contribution < -0.4 is 0 Å². The predicted molar refractivity (Wildman–Crippen MR) is 63.1 cm³/mol. The Morgan fingerprint density at radius 2 is 2.19 bits per heavy atom. The molecule has 0 aromatic carbocycles. The van der Waals surface area contributed by atoms with Gasteiger partial charge in [-0.25, -0.2) is 0 Å². The molecule has 1 rings (SSSR count). The topological polar surface area (TPSA) is 46.5 Å². The van der Waals surface area contributed by atoms with E-state index in [0.717, 1.165) is 25.7 Å². The molecule has 1 aliphatic carbocycles. The molecular formula is C13H24O3. The van der Waals surface area contributed by atoms with E-state index in [1.54, 1.807) is 0 Å². The third kappa shape index (κ3) is 3.21. The Morgan fingerprint density at radius 3 is 2.69 bits per heavy atom.